The Morgan fingerprint density at radius 2 is 2.15 bits per heavy atom. The van der Waals surface area contributed by atoms with Crippen molar-refractivity contribution in [1.82, 2.24) is 10.3 Å². The minimum atomic E-state index is -0.995. The lowest BCUT2D eigenvalue weighted by Gasteiger charge is -2.23. The molecular formula is C15H18N2O2S. The number of aromatic carboxylic acids is 1. The minimum absolute atomic E-state index is 0.0541. The topological polar surface area (TPSA) is 62.2 Å². The fourth-order valence-electron chi connectivity index (χ4n) is 1.95. The second-order valence-electron chi connectivity index (χ2n) is 5.28. The number of nitrogens with one attached hydrogen (secondary N) is 1. The van der Waals surface area contributed by atoms with Crippen LogP contribution in [0.15, 0.2) is 35.7 Å². The van der Waals surface area contributed by atoms with Gasteiger partial charge in [0.2, 0.25) is 0 Å². The van der Waals surface area contributed by atoms with Crippen molar-refractivity contribution in [3.8, 4) is 0 Å². The summed E-state index contributed by atoms with van der Waals surface area (Å²) in [7, 11) is 0. The lowest BCUT2D eigenvalue weighted by molar-refractivity contribution is 0.0690. The number of aromatic nitrogens is 1. The Morgan fingerprint density at radius 1 is 1.35 bits per heavy atom. The highest BCUT2D eigenvalue weighted by molar-refractivity contribution is 7.10. The molecule has 4 nitrogen and oxygen atoms in total. The van der Waals surface area contributed by atoms with Gasteiger partial charge in [-0.15, -0.1) is 11.3 Å². The van der Waals surface area contributed by atoms with Gasteiger partial charge in [-0.1, -0.05) is 26.0 Å². The van der Waals surface area contributed by atoms with Crippen molar-refractivity contribution >= 4 is 17.3 Å². The zero-order chi connectivity index (χ0) is 14.6. The summed E-state index contributed by atoms with van der Waals surface area (Å²) >= 11 is 1.75. The first-order valence-electron chi connectivity index (χ1n) is 6.43. The molecule has 0 aliphatic heterocycles. The Hall–Kier alpha value is -1.72. The number of thiophene rings is 1. The van der Waals surface area contributed by atoms with E-state index in [1.807, 2.05) is 6.07 Å². The lowest BCUT2D eigenvalue weighted by atomic mass is 9.91. The molecule has 0 aliphatic carbocycles. The van der Waals surface area contributed by atoms with Gasteiger partial charge in [0.05, 0.1) is 5.69 Å². The molecule has 0 spiro atoms. The first-order chi connectivity index (χ1) is 9.49. The normalized spacial score (nSPS) is 11.5. The molecule has 106 valence electrons. The van der Waals surface area contributed by atoms with Crippen LogP contribution in [0.5, 0.6) is 0 Å². The van der Waals surface area contributed by atoms with Crippen LogP contribution in [0, 0.1) is 0 Å². The number of hydrogen-bond donors (Lipinski definition) is 2. The Kier molecular flexibility index (Phi) is 4.52. The van der Waals surface area contributed by atoms with Crippen LogP contribution in [0.3, 0.4) is 0 Å². The van der Waals surface area contributed by atoms with E-state index in [9.17, 15) is 4.79 Å². The molecule has 0 bridgehead atoms. The number of pyridine rings is 1. The van der Waals surface area contributed by atoms with Crippen LogP contribution in [0.2, 0.25) is 0 Å². The van der Waals surface area contributed by atoms with Crippen LogP contribution in [0.4, 0.5) is 0 Å². The number of carboxylic acid groups (broad SMARTS) is 1. The third-order valence-electron chi connectivity index (χ3n) is 3.09. The predicted octanol–water partition coefficient (Wildman–Crippen LogP) is 2.91. The van der Waals surface area contributed by atoms with Crippen molar-refractivity contribution in [2.75, 3.05) is 6.54 Å². The quantitative estimate of drug-likeness (QED) is 0.858. The summed E-state index contributed by atoms with van der Waals surface area (Å²) in [5.41, 5.74) is 0.882. The van der Waals surface area contributed by atoms with Crippen molar-refractivity contribution in [2.24, 2.45) is 0 Å². The number of rotatable bonds is 6. The van der Waals surface area contributed by atoms with E-state index < -0.39 is 5.97 Å². The first-order valence-corrected chi connectivity index (χ1v) is 7.31. The highest BCUT2D eigenvalue weighted by Gasteiger charge is 2.21. The van der Waals surface area contributed by atoms with E-state index in [0.29, 0.717) is 6.54 Å². The second kappa shape index (κ2) is 6.15. The van der Waals surface area contributed by atoms with E-state index in [2.05, 4.69) is 41.7 Å². The van der Waals surface area contributed by atoms with E-state index in [1.165, 1.54) is 10.9 Å². The van der Waals surface area contributed by atoms with Crippen molar-refractivity contribution in [3.05, 3.63) is 52.0 Å². The van der Waals surface area contributed by atoms with E-state index in [-0.39, 0.29) is 11.1 Å². The molecule has 2 aromatic heterocycles. The fraction of sp³-hybridized carbons (Fsp3) is 0.333. The van der Waals surface area contributed by atoms with Gasteiger partial charge in [-0.2, -0.15) is 0 Å². The monoisotopic (exact) mass is 290 g/mol. The SMILES string of the molecule is CC(C)(CNCc1cccc(C(=O)O)n1)c1cccs1. The molecule has 0 saturated carbocycles. The summed E-state index contributed by atoms with van der Waals surface area (Å²) in [5.74, 6) is -0.995. The number of carboxylic acids is 1. The van der Waals surface area contributed by atoms with Gasteiger partial charge < -0.3 is 10.4 Å². The average molecular weight is 290 g/mol. The molecule has 20 heavy (non-hydrogen) atoms. The van der Waals surface area contributed by atoms with E-state index in [1.54, 1.807) is 17.4 Å². The summed E-state index contributed by atoms with van der Waals surface area (Å²) in [5, 5.41) is 14.3. The second-order valence-corrected chi connectivity index (χ2v) is 6.23. The van der Waals surface area contributed by atoms with Gasteiger partial charge in [0.25, 0.3) is 0 Å². The Labute approximate surface area is 122 Å². The molecule has 0 aromatic carbocycles. The molecule has 0 amide bonds. The summed E-state index contributed by atoms with van der Waals surface area (Å²) in [4.78, 5) is 16.3. The van der Waals surface area contributed by atoms with Crippen LogP contribution in [-0.4, -0.2) is 22.6 Å². The highest BCUT2D eigenvalue weighted by Crippen LogP contribution is 2.26. The van der Waals surface area contributed by atoms with Gasteiger partial charge in [-0.25, -0.2) is 9.78 Å². The smallest absolute Gasteiger partial charge is 0.354 e. The maximum atomic E-state index is 10.9. The standard InChI is InChI=1S/C15H18N2O2S/c1-15(2,13-7-4-8-20-13)10-16-9-11-5-3-6-12(17-11)14(18)19/h3-8,16H,9-10H2,1-2H3,(H,18,19). The summed E-state index contributed by atoms with van der Waals surface area (Å²) in [6.45, 7) is 5.75. The summed E-state index contributed by atoms with van der Waals surface area (Å²) in [6, 6.07) is 9.24. The molecule has 0 aliphatic rings. The fourth-order valence-corrected chi connectivity index (χ4v) is 2.80. The molecule has 0 radical (unpaired) electrons. The van der Waals surface area contributed by atoms with E-state index >= 15 is 0 Å². The lowest BCUT2D eigenvalue weighted by Crippen LogP contribution is -2.32. The molecule has 0 fully saturated rings. The Balaban J connectivity index is 1.93. The molecule has 0 atom stereocenters. The van der Waals surface area contributed by atoms with Gasteiger partial charge in [0.1, 0.15) is 5.69 Å². The average Bonchev–Trinajstić information content (AvgIpc) is 2.93. The molecule has 5 heteroatoms. The van der Waals surface area contributed by atoms with E-state index in [4.69, 9.17) is 5.11 Å². The summed E-state index contributed by atoms with van der Waals surface area (Å²) in [6.07, 6.45) is 0. The maximum absolute atomic E-state index is 10.9. The van der Waals surface area contributed by atoms with E-state index in [0.717, 1.165) is 12.2 Å². The molecule has 2 heterocycles. The van der Waals surface area contributed by atoms with Gasteiger partial charge in [-0.3, -0.25) is 0 Å². The van der Waals surface area contributed by atoms with Crippen molar-refractivity contribution < 1.29 is 9.90 Å². The molecule has 0 unspecified atom stereocenters. The van der Waals surface area contributed by atoms with Crippen molar-refractivity contribution in [3.63, 3.8) is 0 Å². The molecule has 2 N–H and O–H groups in total. The zero-order valence-electron chi connectivity index (χ0n) is 11.6. The van der Waals surface area contributed by atoms with Crippen LogP contribution in [0.25, 0.3) is 0 Å². The van der Waals surface area contributed by atoms with Crippen LogP contribution < -0.4 is 5.32 Å². The third kappa shape index (κ3) is 3.65. The summed E-state index contributed by atoms with van der Waals surface area (Å²) < 4.78 is 0. The van der Waals surface area contributed by atoms with Crippen LogP contribution in [0.1, 0.15) is 34.9 Å². The zero-order valence-corrected chi connectivity index (χ0v) is 12.4. The predicted molar refractivity (Wildman–Crippen MR) is 80.2 cm³/mol. The number of nitrogens with zero attached hydrogens (tertiary/aromatic N) is 1. The molecule has 2 aromatic rings. The maximum Gasteiger partial charge on any atom is 0.354 e. The largest absolute Gasteiger partial charge is 0.477 e. The Morgan fingerprint density at radius 3 is 2.80 bits per heavy atom. The molecular weight excluding hydrogens is 272 g/mol. The van der Waals surface area contributed by atoms with Crippen LogP contribution >= 0.6 is 11.3 Å². The number of carbonyl (C=O) groups is 1. The molecule has 2 rings (SSSR count). The number of hydrogen-bond acceptors (Lipinski definition) is 4. The highest BCUT2D eigenvalue weighted by atomic mass is 32.1. The molecule has 0 saturated heterocycles. The van der Waals surface area contributed by atoms with Crippen molar-refractivity contribution in [1.29, 1.82) is 0 Å². The van der Waals surface area contributed by atoms with Crippen LogP contribution in [-0.2, 0) is 12.0 Å². The van der Waals surface area contributed by atoms with Gasteiger partial charge in [0.15, 0.2) is 0 Å². The van der Waals surface area contributed by atoms with Gasteiger partial charge >= 0.3 is 5.97 Å². The van der Waals surface area contributed by atoms with Gasteiger partial charge in [0, 0.05) is 23.4 Å². The minimum Gasteiger partial charge on any atom is -0.477 e. The Bertz CT molecular complexity index is 579. The van der Waals surface area contributed by atoms with Gasteiger partial charge in [-0.05, 0) is 23.6 Å². The first kappa shape index (κ1) is 14.7. The van der Waals surface area contributed by atoms with Crippen molar-refractivity contribution in [2.45, 2.75) is 25.8 Å². The third-order valence-corrected chi connectivity index (χ3v) is 4.32.